The summed E-state index contributed by atoms with van der Waals surface area (Å²) >= 11 is 0. The van der Waals surface area contributed by atoms with Crippen LogP contribution in [0.15, 0.2) is 34.9 Å². The molecule has 5 nitrogen and oxygen atoms in total. The third-order valence-electron chi connectivity index (χ3n) is 2.60. The van der Waals surface area contributed by atoms with Gasteiger partial charge in [0.1, 0.15) is 0 Å². The van der Waals surface area contributed by atoms with E-state index in [1.807, 2.05) is 18.2 Å². The van der Waals surface area contributed by atoms with Gasteiger partial charge in [-0.1, -0.05) is 35.5 Å². The number of hydrogen-bond acceptors (Lipinski definition) is 5. The average Bonchev–Trinajstić information content (AvgIpc) is 2.81. The van der Waals surface area contributed by atoms with E-state index in [4.69, 9.17) is 9.26 Å². The molecule has 2 aromatic rings. The van der Waals surface area contributed by atoms with Gasteiger partial charge >= 0.3 is 0 Å². The molecule has 1 aromatic carbocycles. The van der Waals surface area contributed by atoms with Crippen LogP contribution in [-0.2, 0) is 11.3 Å². The van der Waals surface area contributed by atoms with Gasteiger partial charge in [0.15, 0.2) is 5.82 Å². The number of benzene rings is 1. The van der Waals surface area contributed by atoms with Crippen molar-refractivity contribution in [1.29, 1.82) is 0 Å². The highest BCUT2D eigenvalue weighted by atomic mass is 16.5. The number of aromatic nitrogens is 2. The Bertz CT molecular complexity index is 470. The lowest BCUT2D eigenvalue weighted by Gasteiger charge is -2.17. The quantitative estimate of drug-likeness (QED) is 0.844. The number of hydrogen-bond donors (Lipinski definition) is 1. The molecule has 0 saturated carbocycles. The lowest BCUT2D eigenvalue weighted by Crippen LogP contribution is -2.25. The first-order valence-corrected chi connectivity index (χ1v) is 5.86. The zero-order valence-electron chi connectivity index (χ0n) is 10.6. The summed E-state index contributed by atoms with van der Waals surface area (Å²) in [5, 5.41) is 7.10. The molecule has 0 bridgehead atoms. The zero-order valence-corrected chi connectivity index (χ0v) is 10.6. The third-order valence-corrected chi connectivity index (χ3v) is 2.60. The second-order valence-corrected chi connectivity index (χ2v) is 4.03. The summed E-state index contributed by atoms with van der Waals surface area (Å²) in [6, 6.07) is 10.3. The molecule has 1 unspecified atom stereocenters. The molecule has 0 fully saturated rings. The summed E-state index contributed by atoms with van der Waals surface area (Å²) in [5.41, 5.74) is 1.18. The number of methoxy groups -OCH3 is 1. The highest BCUT2D eigenvalue weighted by molar-refractivity contribution is 5.18. The first kappa shape index (κ1) is 12.7. The second-order valence-electron chi connectivity index (χ2n) is 4.03. The van der Waals surface area contributed by atoms with Crippen LogP contribution in [0.4, 0.5) is 0 Å². The minimum absolute atomic E-state index is 0.114. The van der Waals surface area contributed by atoms with Gasteiger partial charge in [-0.25, -0.2) is 0 Å². The van der Waals surface area contributed by atoms with Crippen LogP contribution in [0.2, 0.25) is 0 Å². The fraction of sp³-hybridized carbons (Fsp3) is 0.385. The van der Waals surface area contributed by atoms with Crippen molar-refractivity contribution in [2.75, 3.05) is 13.7 Å². The van der Waals surface area contributed by atoms with E-state index in [1.54, 1.807) is 14.0 Å². The Hall–Kier alpha value is -1.72. The average molecular weight is 247 g/mol. The van der Waals surface area contributed by atoms with Crippen LogP contribution >= 0.6 is 0 Å². The number of aryl methyl sites for hydroxylation is 1. The zero-order chi connectivity index (χ0) is 12.8. The van der Waals surface area contributed by atoms with Gasteiger partial charge in [0.05, 0.1) is 19.2 Å². The smallest absolute Gasteiger partial charge is 0.240 e. The molecule has 1 aromatic heterocycles. The monoisotopic (exact) mass is 247 g/mol. The Balaban J connectivity index is 1.98. The van der Waals surface area contributed by atoms with Crippen molar-refractivity contribution in [3.05, 3.63) is 47.6 Å². The van der Waals surface area contributed by atoms with Crippen molar-refractivity contribution in [1.82, 2.24) is 15.5 Å². The van der Waals surface area contributed by atoms with Crippen LogP contribution in [0.25, 0.3) is 0 Å². The minimum Gasteiger partial charge on any atom is -0.383 e. The van der Waals surface area contributed by atoms with E-state index >= 15 is 0 Å². The summed E-state index contributed by atoms with van der Waals surface area (Å²) < 4.78 is 10.3. The fourth-order valence-corrected chi connectivity index (χ4v) is 1.75. The molecule has 1 heterocycles. The second kappa shape index (κ2) is 6.28. The Kier molecular flexibility index (Phi) is 4.44. The molecule has 1 atom stereocenters. The van der Waals surface area contributed by atoms with E-state index in [-0.39, 0.29) is 6.04 Å². The lowest BCUT2D eigenvalue weighted by molar-refractivity contribution is 0.164. The third kappa shape index (κ3) is 3.38. The van der Waals surface area contributed by atoms with Crippen molar-refractivity contribution in [3.8, 4) is 0 Å². The van der Waals surface area contributed by atoms with Crippen LogP contribution in [0.3, 0.4) is 0 Å². The predicted octanol–water partition coefficient (Wildman–Crippen LogP) is 1.86. The van der Waals surface area contributed by atoms with E-state index in [9.17, 15) is 0 Å². The van der Waals surface area contributed by atoms with E-state index in [2.05, 4.69) is 27.6 Å². The first-order valence-electron chi connectivity index (χ1n) is 5.86. The van der Waals surface area contributed by atoms with Crippen molar-refractivity contribution in [3.63, 3.8) is 0 Å². The van der Waals surface area contributed by atoms with Crippen molar-refractivity contribution < 1.29 is 9.26 Å². The molecular formula is C13H17N3O2. The number of ether oxygens (including phenoxy) is 1. The molecule has 0 aliphatic heterocycles. The Labute approximate surface area is 106 Å². The molecule has 0 saturated heterocycles. The van der Waals surface area contributed by atoms with Crippen molar-refractivity contribution in [2.45, 2.75) is 19.5 Å². The maximum absolute atomic E-state index is 5.22. The SMILES string of the molecule is COCC(NCc1nc(C)no1)c1ccccc1. The summed E-state index contributed by atoms with van der Waals surface area (Å²) in [6.07, 6.45) is 0. The van der Waals surface area contributed by atoms with E-state index in [0.29, 0.717) is 24.9 Å². The Morgan fingerprint density at radius 2 is 2.11 bits per heavy atom. The van der Waals surface area contributed by atoms with Crippen LogP contribution in [0, 0.1) is 6.92 Å². The van der Waals surface area contributed by atoms with Gasteiger partial charge in [0, 0.05) is 7.11 Å². The van der Waals surface area contributed by atoms with Crippen LogP contribution in [-0.4, -0.2) is 23.9 Å². The van der Waals surface area contributed by atoms with Gasteiger partial charge in [-0.2, -0.15) is 4.98 Å². The molecule has 0 amide bonds. The molecule has 5 heteroatoms. The topological polar surface area (TPSA) is 60.2 Å². The van der Waals surface area contributed by atoms with Gasteiger partial charge in [0.2, 0.25) is 5.89 Å². The molecule has 1 N–H and O–H groups in total. The number of nitrogens with zero attached hydrogens (tertiary/aromatic N) is 2. The van der Waals surface area contributed by atoms with E-state index in [0.717, 1.165) is 0 Å². The molecule has 0 aliphatic rings. The predicted molar refractivity (Wildman–Crippen MR) is 66.9 cm³/mol. The van der Waals surface area contributed by atoms with E-state index < -0.39 is 0 Å². The standard InChI is InChI=1S/C13H17N3O2/c1-10-15-13(18-16-10)8-14-12(9-17-2)11-6-4-3-5-7-11/h3-7,12,14H,8-9H2,1-2H3. The molecule has 96 valence electrons. The van der Waals surface area contributed by atoms with Crippen LogP contribution < -0.4 is 5.32 Å². The maximum atomic E-state index is 5.22. The molecule has 0 radical (unpaired) electrons. The van der Waals surface area contributed by atoms with Gasteiger partial charge in [-0.15, -0.1) is 0 Å². The highest BCUT2D eigenvalue weighted by Gasteiger charge is 2.12. The first-order chi connectivity index (χ1) is 8.79. The summed E-state index contributed by atoms with van der Waals surface area (Å²) in [6.45, 7) is 2.93. The van der Waals surface area contributed by atoms with Crippen molar-refractivity contribution in [2.24, 2.45) is 0 Å². The molecular weight excluding hydrogens is 230 g/mol. The Morgan fingerprint density at radius 3 is 2.72 bits per heavy atom. The van der Waals surface area contributed by atoms with Crippen LogP contribution in [0.5, 0.6) is 0 Å². The van der Waals surface area contributed by atoms with Gasteiger partial charge in [-0.3, -0.25) is 5.32 Å². The van der Waals surface area contributed by atoms with Gasteiger partial charge in [-0.05, 0) is 12.5 Å². The summed E-state index contributed by atoms with van der Waals surface area (Å²) in [5.74, 6) is 1.24. The molecule has 18 heavy (non-hydrogen) atoms. The molecule has 2 rings (SSSR count). The largest absolute Gasteiger partial charge is 0.383 e. The Morgan fingerprint density at radius 1 is 1.33 bits per heavy atom. The van der Waals surface area contributed by atoms with Crippen LogP contribution in [0.1, 0.15) is 23.3 Å². The normalized spacial score (nSPS) is 12.6. The minimum atomic E-state index is 0.114. The fourth-order valence-electron chi connectivity index (χ4n) is 1.75. The highest BCUT2D eigenvalue weighted by Crippen LogP contribution is 2.13. The summed E-state index contributed by atoms with van der Waals surface area (Å²) in [7, 11) is 1.69. The number of nitrogens with one attached hydrogen (secondary N) is 1. The van der Waals surface area contributed by atoms with Gasteiger partial charge < -0.3 is 9.26 Å². The van der Waals surface area contributed by atoms with E-state index in [1.165, 1.54) is 5.56 Å². The lowest BCUT2D eigenvalue weighted by atomic mass is 10.1. The maximum Gasteiger partial charge on any atom is 0.240 e. The van der Waals surface area contributed by atoms with Gasteiger partial charge in [0.25, 0.3) is 0 Å². The molecule has 0 aliphatic carbocycles. The molecule has 0 spiro atoms. The van der Waals surface area contributed by atoms with Crippen molar-refractivity contribution >= 4 is 0 Å². The summed E-state index contributed by atoms with van der Waals surface area (Å²) in [4.78, 5) is 4.16. The number of rotatable bonds is 6.